The molecule has 136 valence electrons. The molecule has 1 fully saturated rings. The van der Waals surface area contributed by atoms with Gasteiger partial charge in [0.15, 0.2) is 5.78 Å². The second kappa shape index (κ2) is 6.36. The van der Waals surface area contributed by atoms with Crippen molar-refractivity contribution in [3.05, 3.63) is 65.4 Å². The normalized spacial score (nSPS) is 14.2. The van der Waals surface area contributed by atoms with E-state index in [1.54, 1.807) is 24.3 Å². The summed E-state index contributed by atoms with van der Waals surface area (Å²) in [6, 6.07) is 15.6. The van der Waals surface area contributed by atoms with Gasteiger partial charge < -0.3 is 0 Å². The Morgan fingerprint density at radius 3 is 2.48 bits per heavy atom. The number of nitriles is 1. The van der Waals surface area contributed by atoms with Crippen molar-refractivity contribution in [1.82, 2.24) is 3.97 Å². The molecule has 0 atom stereocenters. The van der Waals surface area contributed by atoms with Gasteiger partial charge in [-0.15, -0.1) is 0 Å². The summed E-state index contributed by atoms with van der Waals surface area (Å²) in [5.74, 6) is 0.0158. The van der Waals surface area contributed by atoms with Gasteiger partial charge in [0.25, 0.3) is 10.0 Å². The number of rotatable bonds is 5. The van der Waals surface area contributed by atoms with Gasteiger partial charge in [-0.2, -0.15) is 5.26 Å². The number of Topliss-reactive ketones (excluding diaryl/α,β-unsaturated/α-hetero) is 1. The van der Waals surface area contributed by atoms with E-state index < -0.39 is 15.8 Å². The van der Waals surface area contributed by atoms with Gasteiger partial charge >= 0.3 is 0 Å². The summed E-state index contributed by atoms with van der Waals surface area (Å²) in [6.07, 6.45) is 1.90. The molecule has 5 nitrogen and oxygen atoms in total. The second-order valence-corrected chi connectivity index (χ2v) is 8.75. The van der Waals surface area contributed by atoms with Crippen molar-refractivity contribution >= 4 is 26.7 Å². The summed E-state index contributed by atoms with van der Waals surface area (Å²) in [7, 11) is -3.96. The van der Waals surface area contributed by atoms with Crippen molar-refractivity contribution in [3.8, 4) is 6.07 Å². The van der Waals surface area contributed by atoms with E-state index in [0.29, 0.717) is 16.8 Å². The van der Waals surface area contributed by atoms with Crippen molar-refractivity contribution < 1.29 is 13.2 Å². The quantitative estimate of drug-likeness (QED) is 0.624. The van der Waals surface area contributed by atoms with Gasteiger partial charge in [0.05, 0.1) is 16.5 Å². The van der Waals surface area contributed by atoms with Crippen molar-refractivity contribution in [1.29, 1.82) is 5.26 Å². The van der Waals surface area contributed by atoms with E-state index in [2.05, 4.69) is 0 Å². The summed E-state index contributed by atoms with van der Waals surface area (Å²) in [5, 5.41) is 9.61. The first-order valence-corrected chi connectivity index (χ1v) is 10.2. The predicted molar refractivity (Wildman–Crippen MR) is 102 cm³/mol. The fourth-order valence-corrected chi connectivity index (χ4v) is 4.84. The minimum absolute atomic E-state index is 0.0278. The molecular formula is C21H18N2O3S. The van der Waals surface area contributed by atoms with Crippen LogP contribution in [0, 0.1) is 18.3 Å². The Kier molecular flexibility index (Phi) is 4.12. The molecule has 27 heavy (non-hydrogen) atoms. The summed E-state index contributed by atoms with van der Waals surface area (Å²) >= 11 is 0. The topological polar surface area (TPSA) is 79.9 Å². The maximum Gasteiger partial charge on any atom is 0.268 e. The molecule has 1 aromatic heterocycles. The molecule has 4 rings (SSSR count). The van der Waals surface area contributed by atoms with Gasteiger partial charge in [-0.3, -0.25) is 4.79 Å². The van der Waals surface area contributed by atoms with Crippen LogP contribution in [0.1, 0.15) is 46.8 Å². The Hall–Kier alpha value is -2.91. The Labute approximate surface area is 157 Å². The predicted octanol–water partition coefficient (Wildman–Crippen LogP) is 4.16. The van der Waals surface area contributed by atoms with Crippen molar-refractivity contribution in [2.45, 2.75) is 37.0 Å². The lowest BCUT2D eigenvalue weighted by atomic mass is 10.1. The third-order valence-corrected chi connectivity index (χ3v) is 6.66. The molecule has 0 aliphatic heterocycles. The van der Waals surface area contributed by atoms with E-state index in [1.807, 2.05) is 25.1 Å². The third-order valence-electron chi connectivity index (χ3n) is 4.91. The van der Waals surface area contributed by atoms with E-state index in [9.17, 15) is 13.2 Å². The van der Waals surface area contributed by atoms with Gasteiger partial charge in [-0.1, -0.05) is 23.8 Å². The second-order valence-electron chi connectivity index (χ2n) is 6.96. The average Bonchev–Trinajstić information content (AvgIpc) is 3.41. The maximum absolute atomic E-state index is 13.3. The van der Waals surface area contributed by atoms with Crippen LogP contribution >= 0.6 is 0 Å². The van der Waals surface area contributed by atoms with Crippen LogP contribution in [0.4, 0.5) is 0 Å². The largest absolute Gasteiger partial charge is 0.291 e. The fraction of sp³-hybridized carbons (Fsp3) is 0.238. The Morgan fingerprint density at radius 1 is 1.15 bits per heavy atom. The van der Waals surface area contributed by atoms with E-state index in [-0.39, 0.29) is 17.0 Å². The maximum atomic E-state index is 13.3. The zero-order chi connectivity index (χ0) is 19.2. The summed E-state index contributed by atoms with van der Waals surface area (Å²) in [5.41, 5.74) is 2.59. The number of hydrogen-bond acceptors (Lipinski definition) is 4. The first-order chi connectivity index (χ1) is 12.9. The standard InChI is InChI=1S/C21H18N2O3S/c1-14-2-7-18(8-3-14)27(25,26)23-19-9-6-16(15-4-5-15)12-17(19)13-20(23)21(24)10-11-22/h2-3,6-9,12-13,15H,4-5,10H2,1H3. The average molecular weight is 378 g/mol. The van der Waals surface area contributed by atoms with Crippen molar-refractivity contribution in [3.63, 3.8) is 0 Å². The highest BCUT2D eigenvalue weighted by Crippen LogP contribution is 2.41. The minimum atomic E-state index is -3.96. The number of ketones is 1. The van der Waals surface area contributed by atoms with E-state index in [0.717, 1.165) is 27.9 Å². The van der Waals surface area contributed by atoms with Gasteiger partial charge in [-0.25, -0.2) is 12.4 Å². The molecule has 0 amide bonds. The number of benzene rings is 2. The van der Waals surface area contributed by atoms with Gasteiger partial charge in [-0.05, 0) is 61.6 Å². The Bertz CT molecular complexity index is 1190. The lowest BCUT2D eigenvalue weighted by Crippen LogP contribution is -2.18. The van der Waals surface area contributed by atoms with E-state index in [4.69, 9.17) is 5.26 Å². The molecule has 0 unspecified atom stereocenters. The first-order valence-electron chi connectivity index (χ1n) is 8.79. The number of aryl methyl sites for hydroxylation is 1. The van der Waals surface area contributed by atoms with E-state index in [1.165, 1.54) is 12.1 Å². The number of aromatic nitrogens is 1. The van der Waals surface area contributed by atoms with Crippen LogP contribution in [0.3, 0.4) is 0 Å². The summed E-state index contributed by atoms with van der Waals surface area (Å²) < 4.78 is 27.7. The summed E-state index contributed by atoms with van der Waals surface area (Å²) in [6.45, 7) is 1.88. The Balaban J connectivity index is 1.96. The van der Waals surface area contributed by atoms with Crippen LogP contribution in [0.15, 0.2) is 53.4 Å². The minimum Gasteiger partial charge on any atom is -0.291 e. The fourth-order valence-electron chi connectivity index (χ4n) is 3.31. The molecule has 2 aromatic carbocycles. The van der Waals surface area contributed by atoms with Crippen LogP contribution in [0.25, 0.3) is 10.9 Å². The van der Waals surface area contributed by atoms with Gasteiger partial charge in [0, 0.05) is 5.39 Å². The van der Waals surface area contributed by atoms with Gasteiger partial charge in [0.1, 0.15) is 12.1 Å². The molecule has 0 saturated heterocycles. The SMILES string of the molecule is Cc1ccc(S(=O)(=O)n2c(C(=O)CC#N)cc3cc(C4CC4)ccc32)cc1. The van der Waals surface area contributed by atoms with Crippen molar-refractivity contribution in [2.75, 3.05) is 0 Å². The number of nitrogens with zero attached hydrogens (tertiary/aromatic N) is 2. The monoisotopic (exact) mass is 378 g/mol. The molecule has 0 bridgehead atoms. The number of fused-ring (bicyclic) bond motifs is 1. The van der Waals surface area contributed by atoms with Crippen LogP contribution in [0.5, 0.6) is 0 Å². The highest BCUT2D eigenvalue weighted by molar-refractivity contribution is 7.90. The highest BCUT2D eigenvalue weighted by atomic mass is 32.2. The smallest absolute Gasteiger partial charge is 0.268 e. The molecular weight excluding hydrogens is 360 g/mol. The van der Waals surface area contributed by atoms with Gasteiger partial charge in [0.2, 0.25) is 0 Å². The summed E-state index contributed by atoms with van der Waals surface area (Å²) in [4.78, 5) is 12.6. The molecule has 6 heteroatoms. The highest BCUT2D eigenvalue weighted by Gasteiger charge is 2.28. The number of carbonyl (C=O) groups excluding carboxylic acids is 1. The van der Waals surface area contributed by atoms with Crippen LogP contribution in [0.2, 0.25) is 0 Å². The zero-order valence-corrected chi connectivity index (χ0v) is 15.7. The molecule has 1 aliphatic rings. The third kappa shape index (κ3) is 3.04. The number of hydrogen-bond donors (Lipinski definition) is 0. The molecule has 0 spiro atoms. The first kappa shape index (κ1) is 17.5. The molecule has 0 radical (unpaired) electrons. The van der Waals surface area contributed by atoms with Crippen molar-refractivity contribution in [2.24, 2.45) is 0 Å². The van der Waals surface area contributed by atoms with Crippen LogP contribution in [-0.4, -0.2) is 18.2 Å². The molecule has 3 aromatic rings. The van der Waals surface area contributed by atoms with E-state index >= 15 is 0 Å². The van der Waals surface area contributed by atoms with Crippen LogP contribution in [-0.2, 0) is 10.0 Å². The zero-order valence-electron chi connectivity index (χ0n) is 14.8. The van der Waals surface area contributed by atoms with Crippen LogP contribution < -0.4 is 0 Å². The molecule has 1 heterocycles. The molecule has 0 N–H and O–H groups in total. The molecule has 1 aliphatic carbocycles. The molecule has 1 saturated carbocycles. The lowest BCUT2D eigenvalue weighted by molar-refractivity contribution is 0.0992. The Morgan fingerprint density at radius 2 is 1.85 bits per heavy atom. The number of carbonyl (C=O) groups is 1. The lowest BCUT2D eigenvalue weighted by Gasteiger charge is -2.11.